The van der Waals surface area contributed by atoms with Gasteiger partial charge >= 0.3 is 0 Å². The van der Waals surface area contributed by atoms with Gasteiger partial charge in [0.1, 0.15) is 0 Å². The molecule has 1 aliphatic heterocycles. The lowest BCUT2D eigenvalue weighted by Crippen LogP contribution is -2.38. The summed E-state index contributed by atoms with van der Waals surface area (Å²) in [5.41, 5.74) is 4.51. The van der Waals surface area contributed by atoms with Gasteiger partial charge in [0.2, 0.25) is 5.91 Å². The Morgan fingerprint density at radius 1 is 1.50 bits per heavy atom. The van der Waals surface area contributed by atoms with Crippen molar-refractivity contribution in [1.82, 2.24) is 19.7 Å². The van der Waals surface area contributed by atoms with Gasteiger partial charge in [0.25, 0.3) is 0 Å². The SMILES string of the molecule is Cc1ncsc1CCC(=O)N1CCn2nc(C(C)O)cc2C1. The highest BCUT2D eigenvalue weighted by Crippen LogP contribution is 2.20. The van der Waals surface area contributed by atoms with Crippen molar-refractivity contribution in [3.05, 3.63) is 33.5 Å². The summed E-state index contributed by atoms with van der Waals surface area (Å²) in [6.07, 6.45) is 0.696. The zero-order chi connectivity index (χ0) is 15.7. The first-order valence-corrected chi connectivity index (χ1v) is 8.34. The van der Waals surface area contributed by atoms with Crippen molar-refractivity contribution in [2.45, 2.75) is 45.9 Å². The maximum absolute atomic E-state index is 12.4. The van der Waals surface area contributed by atoms with Gasteiger partial charge in [-0.1, -0.05) is 0 Å². The number of aromatic nitrogens is 3. The third kappa shape index (κ3) is 3.05. The Morgan fingerprint density at radius 2 is 2.32 bits per heavy atom. The number of carbonyl (C=O) groups excluding carboxylic acids is 1. The Morgan fingerprint density at radius 3 is 3.00 bits per heavy atom. The van der Waals surface area contributed by atoms with Crippen LogP contribution in [0.5, 0.6) is 0 Å². The van der Waals surface area contributed by atoms with E-state index in [9.17, 15) is 9.90 Å². The summed E-state index contributed by atoms with van der Waals surface area (Å²) in [6, 6.07) is 1.89. The van der Waals surface area contributed by atoms with Crippen LogP contribution in [0.1, 0.15) is 41.4 Å². The highest BCUT2D eigenvalue weighted by atomic mass is 32.1. The predicted octanol–water partition coefficient (Wildman–Crippen LogP) is 1.68. The Labute approximate surface area is 133 Å². The zero-order valence-electron chi connectivity index (χ0n) is 12.8. The number of hydrogen-bond acceptors (Lipinski definition) is 5. The first kappa shape index (κ1) is 15.2. The number of rotatable bonds is 4. The summed E-state index contributed by atoms with van der Waals surface area (Å²) in [5.74, 6) is 0.166. The molecular formula is C15H20N4O2S. The molecule has 2 aromatic heterocycles. The molecule has 1 amide bonds. The number of hydrogen-bond donors (Lipinski definition) is 1. The Hall–Kier alpha value is -1.73. The van der Waals surface area contributed by atoms with Crippen LogP contribution in [0.4, 0.5) is 0 Å². The highest BCUT2D eigenvalue weighted by Gasteiger charge is 2.23. The van der Waals surface area contributed by atoms with Crippen molar-refractivity contribution in [3.8, 4) is 0 Å². The maximum atomic E-state index is 12.4. The van der Waals surface area contributed by atoms with Crippen LogP contribution in [-0.4, -0.2) is 37.2 Å². The van der Waals surface area contributed by atoms with Gasteiger partial charge in [0.15, 0.2) is 0 Å². The molecule has 1 unspecified atom stereocenters. The summed E-state index contributed by atoms with van der Waals surface area (Å²) in [4.78, 5) is 19.7. The first-order chi connectivity index (χ1) is 10.5. The second-order valence-electron chi connectivity index (χ2n) is 5.64. The predicted molar refractivity (Wildman–Crippen MR) is 83.4 cm³/mol. The molecule has 1 atom stereocenters. The summed E-state index contributed by atoms with van der Waals surface area (Å²) in [5, 5.41) is 14.0. The van der Waals surface area contributed by atoms with Gasteiger partial charge in [-0.25, -0.2) is 4.98 Å². The molecule has 0 saturated carbocycles. The molecule has 1 N–H and O–H groups in total. The van der Waals surface area contributed by atoms with Gasteiger partial charge in [-0.05, 0) is 26.3 Å². The van der Waals surface area contributed by atoms with E-state index in [0.29, 0.717) is 31.7 Å². The lowest BCUT2D eigenvalue weighted by molar-refractivity contribution is -0.132. The van der Waals surface area contributed by atoms with Gasteiger partial charge in [-0.2, -0.15) is 5.10 Å². The van der Waals surface area contributed by atoms with Crippen molar-refractivity contribution >= 4 is 17.2 Å². The molecule has 1 aliphatic rings. The number of amides is 1. The number of aliphatic hydroxyl groups is 1. The highest BCUT2D eigenvalue weighted by molar-refractivity contribution is 7.09. The van der Waals surface area contributed by atoms with Crippen LogP contribution >= 0.6 is 11.3 Å². The van der Waals surface area contributed by atoms with E-state index in [2.05, 4.69) is 10.1 Å². The second kappa shape index (κ2) is 6.18. The van der Waals surface area contributed by atoms with Crippen molar-refractivity contribution in [1.29, 1.82) is 0 Å². The summed E-state index contributed by atoms with van der Waals surface area (Å²) in [7, 11) is 0. The molecule has 0 spiro atoms. The molecule has 0 aliphatic carbocycles. The fraction of sp³-hybridized carbons (Fsp3) is 0.533. The maximum Gasteiger partial charge on any atom is 0.223 e. The van der Waals surface area contributed by atoms with E-state index in [0.717, 1.165) is 17.8 Å². The first-order valence-electron chi connectivity index (χ1n) is 7.46. The Balaban J connectivity index is 1.61. The topological polar surface area (TPSA) is 71.2 Å². The quantitative estimate of drug-likeness (QED) is 0.930. The number of aryl methyl sites for hydroxylation is 2. The zero-order valence-corrected chi connectivity index (χ0v) is 13.6. The molecule has 6 nitrogen and oxygen atoms in total. The van der Waals surface area contributed by atoms with Crippen LogP contribution in [-0.2, 0) is 24.3 Å². The molecule has 22 heavy (non-hydrogen) atoms. The van der Waals surface area contributed by atoms with Crippen LogP contribution in [0, 0.1) is 6.92 Å². The van der Waals surface area contributed by atoms with E-state index in [1.54, 1.807) is 18.3 Å². The number of fused-ring (bicyclic) bond motifs is 1. The molecule has 2 aromatic rings. The molecule has 3 rings (SSSR count). The fourth-order valence-electron chi connectivity index (χ4n) is 2.65. The smallest absolute Gasteiger partial charge is 0.223 e. The van der Waals surface area contributed by atoms with Crippen LogP contribution in [0.2, 0.25) is 0 Å². The van der Waals surface area contributed by atoms with Crippen LogP contribution < -0.4 is 0 Å². The lowest BCUT2D eigenvalue weighted by atomic mass is 10.2. The van der Waals surface area contributed by atoms with E-state index in [1.165, 1.54) is 4.88 Å². The minimum absolute atomic E-state index is 0.166. The average molecular weight is 320 g/mol. The van der Waals surface area contributed by atoms with Gasteiger partial charge in [-0.3, -0.25) is 9.48 Å². The van der Waals surface area contributed by atoms with Crippen LogP contribution in [0.3, 0.4) is 0 Å². The van der Waals surface area contributed by atoms with E-state index in [-0.39, 0.29) is 5.91 Å². The molecule has 7 heteroatoms. The number of carbonyl (C=O) groups is 1. The van der Waals surface area contributed by atoms with Gasteiger partial charge in [0, 0.05) is 17.8 Å². The molecule has 118 valence electrons. The summed E-state index contributed by atoms with van der Waals surface area (Å²) in [6.45, 7) is 5.62. The van der Waals surface area contributed by atoms with Crippen molar-refractivity contribution in [2.75, 3.05) is 6.54 Å². The van der Waals surface area contributed by atoms with Crippen LogP contribution in [0.15, 0.2) is 11.6 Å². The largest absolute Gasteiger partial charge is 0.387 e. The van der Waals surface area contributed by atoms with Gasteiger partial charge in [0.05, 0.1) is 41.8 Å². The van der Waals surface area contributed by atoms with E-state index in [4.69, 9.17) is 0 Å². The number of nitrogens with zero attached hydrogens (tertiary/aromatic N) is 4. The van der Waals surface area contributed by atoms with Gasteiger partial charge in [-0.15, -0.1) is 11.3 Å². The third-order valence-electron chi connectivity index (χ3n) is 4.01. The monoisotopic (exact) mass is 320 g/mol. The van der Waals surface area contributed by atoms with E-state index in [1.807, 2.05) is 28.1 Å². The molecule has 0 radical (unpaired) electrons. The normalized spacial score (nSPS) is 15.7. The molecule has 0 fully saturated rings. The molecule has 0 aromatic carbocycles. The molecule has 3 heterocycles. The minimum atomic E-state index is -0.573. The van der Waals surface area contributed by atoms with E-state index < -0.39 is 6.10 Å². The van der Waals surface area contributed by atoms with Crippen molar-refractivity contribution in [3.63, 3.8) is 0 Å². The summed E-state index contributed by atoms with van der Waals surface area (Å²) < 4.78 is 1.89. The standard InChI is InChI=1S/C15H20N4O2S/c1-10-14(22-9-16-10)3-4-15(21)18-5-6-19-12(8-18)7-13(17-19)11(2)20/h7,9,11,20H,3-6,8H2,1-2H3. The average Bonchev–Trinajstić information content (AvgIpc) is 3.09. The Kier molecular flexibility index (Phi) is 4.26. The third-order valence-corrected chi connectivity index (χ3v) is 5.00. The minimum Gasteiger partial charge on any atom is -0.387 e. The van der Waals surface area contributed by atoms with E-state index >= 15 is 0 Å². The van der Waals surface area contributed by atoms with Crippen LogP contribution in [0.25, 0.3) is 0 Å². The van der Waals surface area contributed by atoms with Crippen molar-refractivity contribution in [2.24, 2.45) is 0 Å². The summed E-state index contributed by atoms with van der Waals surface area (Å²) >= 11 is 1.61. The fourth-order valence-corrected chi connectivity index (χ4v) is 3.43. The lowest BCUT2D eigenvalue weighted by Gasteiger charge is -2.27. The molecule has 0 saturated heterocycles. The molecular weight excluding hydrogens is 300 g/mol. The van der Waals surface area contributed by atoms with Crippen molar-refractivity contribution < 1.29 is 9.90 Å². The molecule has 0 bridgehead atoms. The Bertz CT molecular complexity index is 677. The number of aliphatic hydroxyl groups excluding tert-OH is 1. The second-order valence-corrected chi connectivity index (χ2v) is 6.58. The van der Waals surface area contributed by atoms with Gasteiger partial charge < -0.3 is 10.0 Å². The number of thiazole rings is 1.